The van der Waals surface area contributed by atoms with Crippen molar-refractivity contribution < 1.29 is 14.7 Å². The SMILES string of the molecule is O=C(Cc1ccccc1O)NC1[C@@H]2CC[C@H]1CN(C(=O)CCCn1cccn1)C2. The fourth-order valence-electron chi connectivity index (χ4n) is 4.72. The van der Waals surface area contributed by atoms with Gasteiger partial charge in [-0.2, -0.15) is 5.10 Å². The first-order valence-corrected chi connectivity index (χ1v) is 10.4. The van der Waals surface area contributed by atoms with Crippen molar-refractivity contribution in [2.45, 2.75) is 44.7 Å². The van der Waals surface area contributed by atoms with Crippen molar-refractivity contribution in [3.63, 3.8) is 0 Å². The molecule has 29 heavy (non-hydrogen) atoms. The summed E-state index contributed by atoms with van der Waals surface area (Å²) in [5.41, 5.74) is 0.641. The zero-order chi connectivity index (χ0) is 20.2. The maximum Gasteiger partial charge on any atom is 0.224 e. The molecule has 2 N–H and O–H groups in total. The van der Waals surface area contributed by atoms with Gasteiger partial charge in [-0.25, -0.2) is 0 Å². The van der Waals surface area contributed by atoms with E-state index in [0.29, 0.717) is 23.8 Å². The second-order valence-corrected chi connectivity index (χ2v) is 8.17. The summed E-state index contributed by atoms with van der Waals surface area (Å²) in [5.74, 6) is 0.927. The maximum atomic E-state index is 12.6. The summed E-state index contributed by atoms with van der Waals surface area (Å²) >= 11 is 0. The normalized spacial score (nSPS) is 23.2. The number of hydrogen-bond donors (Lipinski definition) is 2. The van der Waals surface area contributed by atoms with E-state index in [2.05, 4.69) is 10.4 Å². The molecule has 2 fully saturated rings. The standard InChI is InChI=1S/C22H28N4O3/c27-19-6-2-1-5-16(19)13-20(28)24-22-17-8-9-18(22)15-25(14-17)21(29)7-3-11-26-12-4-10-23-26/h1-2,4-6,10,12,17-18,22,27H,3,7-9,11,13-15H2,(H,24,28)/t17-,18+,22?. The van der Waals surface area contributed by atoms with Crippen LogP contribution in [-0.4, -0.2) is 50.7 Å². The molecule has 1 unspecified atom stereocenters. The summed E-state index contributed by atoms with van der Waals surface area (Å²) < 4.78 is 1.85. The molecule has 7 heteroatoms. The van der Waals surface area contributed by atoms with Crippen LogP contribution in [0.1, 0.15) is 31.2 Å². The second kappa shape index (κ2) is 8.68. The van der Waals surface area contributed by atoms with Crippen LogP contribution in [-0.2, 0) is 22.6 Å². The molecule has 2 aliphatic rings. The van der Waals surface area contributed by atoms with Crippen molar-refractivity contribution >= 4 is 11.8 Å². The summed E-state index contributed by atoms with van der Waals surface area (Å²) in [5, 5.41) is 17.2. The number of nitrogens with zero attached hydrogens (tertiary/aromatic N) is 3. The number of aromatic nitrogens is 2. The summed E-state index contributed by atoms with van der Waals surface area (Å²) in [6.45, 7) is 2.20. The highest BCUT2D eigenvalue weighted by molar-refractivity contribution is 5.80. The number of phenolic OH excluding ortho intramolecular Hbond substituents is 1. The van der Waals surface area contributed by atoms with Crippen molar-refractivity contribution in [1.29, 1.82) is 0 Å². The van der Waals surface area contributed by atoms with Crippen LogP contribution in [0, 0.1) is 11.8 Å². The van der Waals surface area contributed by atoms with Crippen LogP contribution in [0.4, 0.5) is 0 Å². The third kappa shape index (κ3) is 4.60. The van der Waals surface area contributed by atoms with Gasteiger partial charge in [-0.15, -0.1) is 0 Å². The van der Waals surface area contributed by atoms with Gasteiger partial charge in [0.05, 0.1) is 6.42 Å². The lowest BCUT2D eigenvalue weighted by Gasteiger charge is -2.38. The highest BCUT2D eigenvalue weighted by atomic mass is 16.3. The number of likely N-dealkylation sites (tertiary alicyclic amines) is 1. The average molecular weight is 396 g/mol. The minimum absolute atomic E-state index is 0.0626. The minimum atomic E-state index is -0.0626. The molecule has 1 aliphatic heterocycles. The first kappa shape index (κ1) is 19.5. The predicted molar refractivity (Wildman–Crippen MR) is 108 cm³/mol. The number of aryl methyl sites for hydroxylation is 1. The lowest BCUT2D eigenvalue weighted by molar-refractivity contribution is -0.134. The van der Waals surface area contributed by atoms with E-state index in [0.717, 1.165) is 38.9 Å². The Bertz CT molecular complexity index is 838. The fraction of sp³-hybridized carbons (Fsp3) is 0.500. The van der Waals surface area contributed by atoms with Crippen molar-refractivity contribution in [2.24, 2.45) is 11.8 Å². The van der Waals surface area contributed by atoms with E-state index in [9.17, 15) is 14.7 Å². The van der Waals surface area contributed by atoms with Crippen molar-refractivity contribution in [2.75, 3.05) is 13.1 Å². The zero-order valence-corrected chi connectivity index (χ0v) is 16.5. The van der Waals surface area contributed by atoms with E-state index >= 15 is 0 Å². The molecule has 7 nitrogen and oxygen atoms in total. The lowest BCUT2D eigenvalue weighted by Crippen LogP contribution is -2.54. The molecule has 0 radical (unpaired) electrons. The van der Waals surface area contributed by atoms with E-state index in [4.69, 9.17) is 0 Å². The number of hydrogen-bond acceptors (Lipinski definition) is 4. The molecule has 0 spiro atoms. The molecule has 1 aromatic heterocycles. The first-order valence-electron chi connectivity index (χ1n) is 10.4. The number of nitrogens with one attached hydrogen (secondary N) is 1. The Morgan fingerprint density at radius 2 is 1.90 bits per heavy atom. The molecule has 3 atom stereocenters. The van der Waals surface area contributed by atoms with Gasteiger partial charge in [-0.1, -0.05) is 18.2 Å². The number of carbonyl (C=O) groups excluding carboxylic acids is 2. The molecule has 4 rings (SSSR count). The molecule has 1 aliphatic carbocycles. The number of para-hydroxylation sites is 1. The van der Waals surface area contributed by atoms with Gasteiger partial charge in [0.15, 0.2) is 0 Å². The van der Waals surface area contributed by atoms with Crippen LogP contribution < -0.4 is 5.32 Å². The number of carbonyl (C=O) groups is 2. The number of amides is 2. The van der Waals surface area contributed by atoms with E-state index < -0.39 is 0 Å². The van der Waals surface area contributed by atoms with E-state index in [1.807, 2.05) is 27.9 Å². The van der Waals surface area contributed by atoms with Gasteiger partial charge in [0.2, 0.25) is 11.8 Å². The quantitative estimate of drug-likeness (QED) is 0.749. The van der Waals surface area contributed by atoms with Gasteiger partial charge < -0.3 is 15.3 Å². The number of rotatable bonds is 7. The van der Waals surface area contributed by atoms with Gasteiger partial charge in [0.1, 0.15) is 5.75 Å². The number of benzene rings is 1. The highest BCUT2D eigenvalue weighted by Crippen LogP contribution is 2.37. The van der Waals surface area contributed by atoms with Crippen LogP contribution in [0.2, 0.25) is 0 Å². The van der Waals surface area contributed by atoms with E-state index in [1.165, 1.54) is 0 Å². The zero-order valence-electron chi connectivity index (χ0n) is 16.5. The van der Waals surface area contributed by atoms with Gasteiger partial charge in [0.25, 0.3) is 0 Å². The predicted octanol–water partition coefficient (Wildman–Crippen LogP) is 1.96. The Morgan fingerprint density at radius 1 is 1.14 bits per heavy atom. The maximum absolute atomic E-state index is 12.6. The summed E-state index contributed by atoms with van der Waals surface area (Å²) in [6.07, 6.45) is 7.24. The Labute approximate surface area is 170 Å². The molecule has 1 saturated heterocycles. The molecule has 1 saturated carbocycles. The average Bonchev–Trinajstić information content (AvgIpc) is 3.28. The Morgan fingerprint density at radius 3 is 2.59 bits per heavy atom. The summed E-state index contributed by atoms with van der Waals surface area (Å²) in [6, 6.07) is 8.96. The van der Waals surface area contributed by atoms with E-state index in [1.54, 1.807) is 24.4 Å². The smallest absolute Gasteiger partial charge is 0.224 e. The number of aromatic hydroxyl groups is 1. The molecule has 2 aromatic rings. The Hall–Kier alpha value is -2.83. The molecule has 2 bridgehead atoms. The van der Waals surface area contributed by atoms with Crippen molar-refractivity contribution in [3.8, 4) is 5.75 Å². The first-order chi connectivity index (χ1) is 14.1. The largest absolute Gasteiger partial charge is 0.508 e. The third-order valence-corrected chi connectivity index (χ3v) is 6.19. The highest BCUT2D eigenvalue weighted by Gasteiger charge is 2.43. The van der Waals surface area contributed by atoms with Crippen LogP contribution in [0.25, 0.3) is 0 Å². The Kier molecular flexibility index (Phi) is 5.83. The number of fused-ring (bicyclic) bond motifs is 2. The summed E-state index contributed by atoms with van der Waals surface area (Å²) in [4.78, 5) is 27.1. The van der Waals surface area contributed by atoms with Crippen LogP contribution in [0.5, 0.6) is 5.75 Å². The molecular weight excluding hydrogens is 368 g/mol. The number of piperidine rings is 1. The van der Waals surface area contributed by atoms with Gasteiger partial charge in [-0.3, -0.25) is 14.3 Å². The summed E-state index contributed by atoms with van der Waals surface area (Å²) in [7, 11) is 0. The van der Waals surface area contributed by atoms with Crippen LogP contribution in [0.15, 0.2) is 42.7 Å². The molecular formula is C22H28N4O3. The fourth-order valence-corrected chi connectivity index (χ4v) is 4.72. The van der Waals surface area contributed by atoms with E-state index in [-0.39, 0.29) is 30.0 Å². The topological polar surface area (TPSA) is 87.5 Å². The second-order valence-electron chi connectivity index (χ2n) is 8.17. The monoisotopic (exact) mass is 396 g/mol. The Balaban J connectivity index is 1.27. The van der Waals surface area contributed by atoms with Crippen LogP contribution in [0.3, 0.4) is 0 Å². The minimum Gasteiger partial charge on any atom is -0.508 e. The molecule has 2 amide bonds. The van der Waals surface area contributed by atoms with Crippen molar-refractivity contribution in [3.05, 3.63) is 48.3 Å². The molecule has 154 valence electrons. The van der Waals surface area contributed by atoms with Gasteiger partial charge in [0, 0.05) is 50.1 Å². The van der Waals surface area contributed by atoms with Crippen molar-refractivity contribution in [1.82, 2.24) is 20.0 Å². The van der Waals surface area contributed by atoms with Gasteiger partial charge in [-0.05, 0) is 43.2 Å². The lowest BCUT2D eigenvalue weighted by atomic mass is 9.91. The molecule has 2 heterocycles. The van der Waals surface area contributed by atoms with Crippen LogP contribution >= 0.6 is 0 Å². The molecule has 1 aromatic carbocycles. The van der Waals surface area contributed by atoms with Gasteiger partial charge >= 0.3 is 0 Å². The third-order valence-electron chi connectivity index (χ3n) is 6.19. The number of phenols is 1.